The van der Waals surface area contributed by atoms with E-state index >= 15 is 0 Å². The number of amides is 2. The standard InChI is InChI=1S/C10H10N4O3.2ClH/c11-5(8(12)15)4-7-10(16)14-9-6(17-7)2-1-3-13-9;;/h1-4,7H,11H2,(H2,12,15)(H,13,14,16);2*1H/t7-;;/m0../s1. The van der Waals surface area contributed by atoms with Crippen LogP contribution in [0, 0.1) is 0 Å². The van der Waals surface area contributed by atoms with E-state index in [4.69, 9.17) is 16.2 Å². The highest BCUT2D eigenvalue weighted by Gasteiger charge is 2.27. The number of nitrogens with zero attached hydrogens (tertiary/aromatic N) is 1. The molecule has 1 aliphatic rings. The van der Waals surface area contributed by atoms with E-state index in [1.54, 1.807) is 12.1 Å². The van der Waals surface area contributed by atoms with Gasteiger partial charge in [0.05, 0.1) is 5.70 Å². The predicted molar refractivity (Wildman–Crippen MR) is 73.2 cm³/mol. The van der Waals surface area contributed by atoms with Gasteiger partial charge < -0.3 is 21.5 Å². The molecule has 7 nitrogen and oxygen atoms in total. The maximum atomic E-state index is 11.6. The van der Waals surface area contributed by atoms with Crippen LogP contribution in [0.3, 0.4) is 0 Å². The van der Waals surface area contributed by atoms with Crippen LogP contribution in [0.5, 0.6) is 5.75 Å². The molecule has 0 saturated heterocycles. The van der Waals surface area contributed by atoms with Gasteiger partial charge in [-0.25, -0.2) is 4.98 Å². The second-order valence-corrected chi connectivity index (χ2v) is 3.36. The van der Waals surface area contributed by atoms with Gasteiger partial charge in [0.2, 0.25) is 0 Å². The van der Waals surface area contributed by atoms with Gasteiger partial charge in [-0.05, 0) is 18.2 Å². The van der Waals surface area contributed by atoms with Gasteiger partial charge in [-0.2, -0.15) is 0 Å². The number of nitrogens with two attached hydrogens (primary N) is 2. The molecule has 0 spiro atoms. The summed E-state index contributed by atoms with van der Waals surface area (Å²) >= 11 is 0. The van der Waals surface area contributed by atoms with Gasteiger partial charge in [-0.15, -0.1) is 24.8 Å². The number of ether oxygens (including phenoxy) is 1. The SMILES string of the molecule is Cl.Cl.NC(=O)C(N)=C[C@@H]1Oc2cccnc2NC1=O. The molecule has 0 saturated carbocycles. The molecule has 1 aliphatic heterocycles. The molecule has 2 amide bonds. The number of rotatable bonds is 2. The second kappa shape index (κ2) is 6.81. The summed E-state index contributed by atoms with van der Waals surface area (Å²) in [5.41, 5.74) is 10.1. The number of anilines is 1. The van der Waals surface area contributed by atoms with E-state index in [9.17, 15) is 9.59 Å². The zero-order chi connectivity index (χ0) is 12.4. The van der Waals surface area contributed by atoms with E-state index in [0.717, 1.165) is 6.08 Å². The normalized spacial score (nSPS) is 16.9. The highest BCUT2D eigenvalue weighted by Crippen LogP contribution is 2.26. The van der Waals surface area contributed by atoms with Crippen molar-refractivity contribution in [3.63, 3.8) is 0 Å². The third kappa shape index (κ3) is 3.73. The lowest BCUT2D eigenvalue weighted by molar-refractivity contribution is -0.121. The number of carbonyl (C=O) groups is 2. The molecule has 0 unspecified atom stereocenters. The zero-order valence-electron chi connectivity index (χ0n) is 9.53. The topological polar surface area (TPSA) is 120 Å². The lowest BCUT2D eigenvalue weighted by Gasteiger charge is -2.22. The van der Waals surface area contributed by atoms with Crippen molar-refractivity contribution in [1.82, 2.24) is 4.98 Å². The van der Waals surface area contributed by atoms with Crippen molar-refractivity contribution in [2.45, 2.75) is 6.10 Å². The van der Waals surface area contributed by atoms with E-state index < -0.39 is 17.9 Å². The quantitative estimate of drug-likeness (QED) is 0.662. The molecule has 2 rings (SSSR count). The zero-order valence-corrected chi connectivity index (χ0v) is 11.2. The highest BCUT2D eigenvalue weighted by molar-refractivity contribution is 5.99. The number of carbonyl (C=O) groups excluding carboxylic acids is 2. The van der Waals surface area contributed by atoms with Gasteiger partial charge in [0, 0.05) is 6.20 Å². The molecule has 1 atom stereocenters. The Bertz CT molecular complexity index is 521. The van der Waals surface area contributed by atoms with Crippen molar-refractivity contribution in [2.75, 3.05) is 5.32 Å². The number of hydrogen-bond acceptors (Lipinski definition) is 5. The van der Waals surface area contributed by atoms with Gasteiger partial charge >= 0.3 is 0 Å². The van der Waals surface area contributed by atoms with Crippen LogP contribution < -0.4 is 21.5 Å². The van der Waals surface area contributed by atoms with Crippen LogP contribution in [0.1, 0.15) is 0 Å². The van der Waals surface area contributed by atoms with Crippen molar-refractivity contribution in [3.05, 3.63) is 30.1 Å². The molecule has 1 aromatic rings. The van der Waals surface area contributed by atoms with Crippen molar-refractivity contribution < 1.29 is 14.3 Å². The third-order valence-corrected chi connectivity index (χ3v) is 2.14. The molecule has 19 heavy (non-hydrogen) atoms. The second-order valence-electron chi connectivity index (χ2n) is 3.36. The minimum absolute atomic E-state index is 0. The Balaban J connectivity index is 0.00000162. The van der Waals surface area contributed by atoms with E-state index in [1.165, 1.54) is 6.20 Å². The summed E-state index contributed by atoms with van der Waals surface area (Å²) in [6.07, 6.45) is 1.70. The number of nitrogens with one attached hydrogen (secondary N) is 1. The number of aromatic nitrogens is 1. The minimum Gasteiger partial charge on any atom is -0.472 e. The minimum atomic E-state index is -0.987. The smallest absolute Gasteiger partial charge is 0.270 e. The Morgan fingerprint density at radius 3 is 2.74 bits per heavy atom. The largest absolute Gasteiger partial charge is 0.472 e. The Morgan fingerprint density at radius 2 is 2.11 bits per heavy atom. The summed E-state index contributed by atoms with van der Waals surface area (Å²) in [5, 5.41) is 2.53. The van der Waals surface area contributed by atoms with Crippen LogP contribution in [-0.2, 0) is 9.59 Å². The fourth-order valence-corrected chi connectivity index (χ4v) is 1.31. The monoisotopic (exact) mass is 306 g/mol. The Hall–Kier alpha value is -1.99. The molecule has 5 N–H and O–H groups in total. The number of primary amides is 1. The predicted octanol–water partition coefficient (Wildman–Crippen LogP) is -0.0474. The maximum Gasteiger partial charge on any atom is 0.270 e. The van der Waals surface area contributed by atoms with Crippen molar-refractivity contribution in [2.24, 2.45) is 11.5 Å². The highest BCUT2D eigenvalue weighted by atomic mass is 35.5. The van der Waals surface area contributed by atoms with Crippen LogP contribution in [0.4, 0.5) is 5.82 Å². The third-order valence-electron chi connectivity index (χ3n) is 2.14. The van der Waals surface area contributed by atoms with Crippen LogP contribution in [-0.4, -0.2) is 22.9 Å². The van der Waals surface area contributed by atoms with E-state index in [-0.39, 0.29) is 30.5 Å². The molecule has 1 aromatic heterocycles. The fraction of sp³-hybridized carbons (Fsp3) is 0.100. The Morgan fingerprint density at radius 1 is 1.42 bits per heavy atom. The van der Waals surface area contributed by atoms with Gasteiger partial charge in [0.15, 0.2) is 17.7 Å². The molecule has 104 valence electrons. The van der Waals surface area contributed by atoms with Crippen molar-refractivity contribution in [1.29, 1.82) is 0 Å². The van der Waals surface area contributed by atoms with Gasteiger partial charge in [-0.1, -0.05) is 0 Å². The van der Waals surface area contributed by atoms with Crippen LogP contribution in [0.25, 0.3) is 0 Å². The number of halogens is 2. The first-order valence-electron chi connectivity index (χ1n) is 4.77. The number of pyridine rings is 1. The average Bonchev–Trinajstić information content (AvgIpc) is 2.29. The Labute approximate surface area is 121 Å². The molecule has 0 fully saturated rings. The molecule has 0 aliphatic carbocycles. The molecule has 0 aromatic carbocycles. The van der Waals surface area contributed by atoms with Gasteiger partial charge in [0.1, 0.15) is 0 Å². The lowest BCUT2D eigenvalue weighted by atomic mass is 10.2. The summed E-state index contributed by atoms with van der Waals surface area (Å²) in [7, 11) is 0. The molecule has 0 radical (unpaired) electrons. The van der Waals surface area contributed by atoms with Gasteiger partial charge in [0.25, 0.3) is 11.8 Å². The summed E-state index contributed by atoms with van der Waals surface area (Å²) in [6.45, 7) is 0. The Kier molecular flexibility index (Phi) is 6.10. The van der Waals surface area contributed by atoms with Gasteiger partial charge in [-0.3, -0.25) is 9.59 Å². The van der Waals surface area contributed by atoms with E-state index in [2.05, 4.69) is 10.3 Å². The average molecular weight is 307 g/mol. The number of fused-ring (bicyclic) bond motifs is 1. The molecular weight excluding hydrogens is 295 g/mol. The van der Waals surface area contributed by atoms with Crippen molar-refractivity contribution >= 4 is 42.4 Å². The first-order chi connectivity index (χ1) is 8.08. The van der Waals surface area contributed by atoms with E-state index in [0.29, 0.717) is 11.6 Å². The number of hydrogen-bond donors (Lipinski definition) is 3. The summed E-state index contributed by atoms with van der Waals surface area (Å²) < 4.78 is 5.33. The summed E-state index contributed by atoms with van der Waals surface area (Å²) in [5.74, 6) is -0.524. The van der Waals surface area contributed by atoms with Crippen LogP contribution in [0.2, 0.25) is 0 Å². The van der Waals surface area contributed by atoms with Crippen molar-refractivity contribution in [3.8, 4) is 5.75 Å². The molecular formula is C10H12Cl2N4O3. The maximum absolute atomic E-state index is 11.6. The van der Waals surface area contributed by atoms with Crippen LogP contribution in [0.15, 0.2) is 30.1 Å². The fourth-order valence-electron chi connectivity index (χ4n) is 1.31. The first kappa shape index (κ1) is 17.0. The molecule has 2 heterocycles. The molecule has 9 heteroatoms. The van der Waals surface area contributed by atoms with E-state index in [1.807, 2.05) is 0 Å². The van der Waals surface area contributed by atoms with Crippen LogP contribution >= 0.6 is 24.8 Å². The first-order valence-corrected chi connectivity index (χ1v) is 4.77. The summed E-state index contributed by atoms with van der Waals surface area (Å²) in [4.78, 5) is 26.3. The summed E-state index contributed by atoms with van der Waals surface area (Å²) in [6, 6.07) is 3.30. The molecule has 0 bridgehead atoms. The lowest BCUT2D eigenvalue weighted by Crippen LogP contribution is -2.37.